The number of rotatable bonds is 6. The fourth-order valence-corrected chi connectivity index (χ4v) is 2.03. The van der Waals surface area contributed by atoms with Crippen molar-refractivity contribution in [3.05, 3.63) is 53.9 Å². The Morgan fingerprint density at radius 3 is 2.35 bits per heavy atom. The molecule has 0 radical (unpaired) electrons. The van der Waals surface area contributed by atoms with E-state index < -0.39 is 0 Å². The molecule has 0 spiro atoms. The first-order chi connectivity index (χ1) is 9.69. The average Bonchev–Trinajstić information content (AvgIpc) is 2.49. The van der Waals surface area contributed by atoms with E-state index in [0.717, 1.165) is 30.9 Å². The van der Waals surface area contributed by atoms with Gasteiger partial charge in [0.15, 0.2) is 0 Å². The standard InChI is InChI=1S/C16H22N4/c1-3-15(17)9-14-10-18-16(19-11-14)20(2)12-13-7-5-4-6-8-13/h4-8,10-11,15H,3,9,12,17H2,1-2H3. The molecular weight excluding hydrogens is 248 g/mol. The highest BCUT2D eigenvalue weighted by atomic mass is 15.2. The summed E-state index contributed by atoms with van der Waals surface area (Å²) in [4.78, 5) is 10.9. The Bertz CT molecular complexity index is 510. The molecule has 0 bridgehead atoms. The number of hydrogen-bond donors (Lipinski definition) is 1. The molecular formula is C16H22N4. The third-order valence-electron chi connectivity index (χ3n) is 3.32. The summed E-state index contributed by atoms with van der Waals surface area (Å²) in [5.74, 6) is 0.739. The third-order valence-corrected chi connectivity index (χ3v) is 3.32. The van der Waals surface area contributed by atoms with Crippen LogP contribution in [0.15, 0.2) is 42.7 Å². The van der Waals surface area contributed by atoms with Crippen molar-refractivity contribution in [2.45, 2.75) is 32.4 Å². The second-order valence-electron chi connectivity index (χ2n) is 5.11. The zero-order valence-electron chi connectivity index (χ0n) is 12.2. The molecule has 0 fully saturated rings. The number of aromatic nitrogens is 2. The molecule has 20 heavy (non-hydrogen) atoms. The van der Waals surface area contributed by atoms with Crippen molar-refractivity contribution in [3.8, 4) is 0 Å². The summed E-state index contributed by atoms with van der Waals surface area (Å²) in [5.41, 5.74) is 8.28. The predicted molar refractivity (Wildman–Crippen MR) is 82.6 cm³/mol. The van der Waals surface area contributed by atoms with Crippen LogP contribution in [-0.4, -0.2) is 23.1 Å². The van der Waals surface area contributed by atoms with Crippen molar-refractivity contribution in [2.75, 3.05) is 11.9 Å². The van der Waals surface area contributed by atoms with Gasteiger partial charge in [-0.05, 0) is 24.0 Å². The van der Waals surface area contributed by atoms with Crippen LogP contribution in [0, 0.1) is 0 Å². The molecule has 0 saturated heterocycles. The molecule has 0 aliphatic carbocycles. The van der Waals surface area contributed by atoms with E-state index in [-0.39, 0.29) is 6.04 Å². The predicted octanol–water partition coefficient (Wildman–Crippen LogP) is 2.39. The van der Waals surface area contributed by atoms with Crippen LogP contribution in [0.5, 0.6) is 0 Å². The van der Waals surface area contributed by atoms with Crippen molar-refractivity contribution in [3.63, 3.8) is 0 Å². The van der Waals surface area contributed by atoms with E-state index in [1.165, 1.54) is 5.56 Å². The molecule has 0 aliphatic heterocycles. The van der Waals surface area contributed by atoms with Crippen LogP contribution in [0.2, 0.25) is 0 Å². The lowest BCUT2D eigenvalue weighted by Gasteiger charge is -2.17. The molecule has 2 aromatic rings. The molecule has 2 rings (SSSR count). The average molecular weight is 270 g/mol. The smallest absolute Gasteiger partial charge is 0.225 e. The fraction of sp³-hybridized carbons (Fsp3) is 0.375. The highest BCUT2D eigenvalue weighted by Gasteiger charge is 2.06. The second-order valence-corrected chi connectivity index (χ2v) is 5.11. The van der Waals surface area contributed by atoms with Gasteiger partial charge in [0.2, 0.25) is 5.95 Å². The Morgan fingerprint density at radius 2 is 1.75 bits per heavy atom. The highest BCUT2D eigenvalue weighted by molar-refractivity contribution is 5.31. The molecule has 106 valence electrons. The zero-order valence-corrected chi connectivity index (χ0v) is 12.2. The second kappa shape index (κ2) is 7.01. The van der Waals surface area contributed by atoms with Crippen molar-refractivity contribution in [1.82, 2.24) is 9.97 Å². The van der Waals surface area contributed by atoms with Gasteiger partial charge in [-0.25, -0.2) is 9.97 Å². The van der Waals surface area contributed by atoms with Crippen molar-refractivity contribution in [1.29, 1.82) is 0 Å². The SMILES string of the molecule is CCC(N)Cc1cnc(N(C)Cc2ccccc2)nc1. The number of nitrogens with two attached hydrogens (primary N) is 1. The van der Waals surface area contributed by atoms with E-state index in [2.05, 4.69) is 29.0 Å². The van der Waals surface area contributed by atoms with Crippen LogP contribution in [0.4, 0.5) is 5.95 Å². The molecule has 0 aliphatic rings. The van der Waals surface area contributed by atoms with E-state index in [1.54, 1.807) is 0 Å². The van der Waals surface area contributed by atoms with E-state index >= 15 is 0 Å². The summed E-state index contributed by atoms with van der Waals surface area (Å²) in [5, 5.41) is 0. The minimum atomic E-state index is 0.187. The Labute approximate surface area is 120 Å². The maximum atomic E-state index is 5.94. The molecule has 2 N–H and O–H groups in total. The topological polar surface area (TPSA) is 55.0 Å². The molecule has 0 amide bonds. The molecule has 1 aromatic heterocycles. The molecule has 0 saturated carbocycles. The van der Waals surface area contributed by atoms with E-state index in [4.69, 9.17) is 5.73 Å². The van der Waals surface area contributed by atoms with Gasteiger partial charge in [-0.1, -0.05) is 37.3 Å². The Morgan fingerprint density at radius 1 is 1.10 bits per heavy atom. The van der Waals surface area contributed by atoms with Crippen LogP contribution in [-0.2, 0) is 13.0 Å². The first-order valence-electron chi connectivity index (χ1n) is 7.00. The monoisotopic (exact) mass is 270 g/mol. The van der Waals surface area contributed by atoms with Crippen molar-refractivity contribution in [2.24, 2.45) is 5.73 Å². The Kier molecular flexibility index (Phi) is 5.07. The van der Waals surface area contributed by atoms with Gasteiger partial charge in [0.1, 0.15) is 0 Å². The molecule has 4 heteroatoms. The van der Waals surface area contributed by atoms with E-state index in [1.807, 2.05) is 42.5 Å². The molecule has 1 aromatic carbocycles. The van der Waals surface area contributed by atoms with Gasteiger partial charge in [0.25, 0.3) is 0 Å². The van der Waals surface area contributed by atoms with Crippen molar-refractivity contribution < 1.29 is 0 Å². The zero-order chi connectivity index (χ0) is 14.4. The summed E-state index contributed by atoms with van der Waals surface area (Å²) in [7, 11) is 2.00. The van der Waals surface area contributed by atoms with E-state index in [9.17, 15) is 0 Å². The van der Waals surface area contributed by atoms with Gasteiger partial charge in [-0.3, -0.25) is 0 Å². The molecule has 1 unspecified atom stereocenters. The first kappa shape index (κ1) is 14.5. The van der Waals surface area contributed by atoms with Gasteiger partial charge in [-0.15, -0.1) is 0 Å². The Hall–Kier alpha value is -1.94. The first-order valence-corrected chi connectivity index (χ1v) is 7.00. The van der Waals surface area contributed by atoms with Gasteiger partial charge >= 0.3 is 0 Å². The third kappa shape index (κ3) is 4.03. The number of anilines is 1. The largest absolute Gasteiger partial charge is 0.340 e. The van der Waals surface area contributed by atoms with Crippen LogP contribution in [0.3, 0.4) is 0 Å². The maximum Gasteiger partial charge on any atom is 0.225 e. The quantitative estimate of drug-likeness (QED) is 0.875. The van der Waals surface area contributed by atoms with Crippen LogP contribution < -0.4 is 10.6 Å². The fourth-order valence-electron chi connectivity index (χ4n) is 2.03. The lowest BCUT2D eigenvalue weighted by molar-refractivity contribution is 0.643. The maximum absolute atomic E-state index is 5.94. The van der Waals surface area contributed by atoms with Gasteiger partial charge < -0.3 is 10.6 Å². The number of nitrogens with zero attached hydrogens (tertiary/aromatic N) is 3. The summed E-state index contributed by atoms with van der Waals surface area (Å²) < 4.78 is 0. The summed E-state index contributed by atoms with van der Waals surface area (Å²) in [6, 6.07) is 10.5. The lowest BCUT2D eigenvalue weighted by Crippen LogP contribution is -2.22. The minimum Gasteiger partial charge on any atom is -0.340 e. The molecule has 1 atom stereocenters. The Balaban J connectivity index is 1.98. The summed E-state index contributed by atoms with van der Waals surface area (Å²) >= 11 is 0. The van der Waals surface area contributed by atoms with Gasteiger partial charge in [-0.2, -0.15) is 0 Å². The van der Waals surface area contributed by atoms with Gasteiger partial charge in [0, 0.05) is 32.0 Å². The lowest BCUT2D eigenvalue weighted by atomic mass is 10.1. The van der Waals surface area contributed by atoms with Crippen molar-refractivity contribution >= 4 is 5.95 Å². The normalized spacial score (nSPS) is 12.2. The molecule has 1 heterocycles. The number of benzene rings is 1. The number of hydrogen-bond acceptors (Lipinski definition) is 4. The van der Waals surface area contributed by atoms with Crippen LogP contribution >= 0.6 is 0 Å². The highest BCUT2D eigenvalue weighted by Crippen LogP contribution is 2.11. The van der Waals surface area contributed by atoms with Gasteiger partial charge in [0.05, 0.1) is 0 Å². The summed E-state index contributed by atoms with van der Waals surface area (Å²) in [6.45, 7) is 2.89. The van der Waals surface area contributed by atoms with Crippen LogP contribution in [0.25, 0.3) is 0 Å². The summed E-state index contributed by atoms with van der Waals surface area (Å²) in [6.07, 6.45) is 5.55. The minimum absolute atomic E-state index is 0.187. The van der Waals surface area contributed by atoms with Crippen LogP contribution in [0.1, 0.15) is 24.5 Å². The van der Waals surface area contributed by atoms with E-state index in [0.29, 0.717) is 0 Å². The molecule has 4 nitrogen and oxygen atoms in total.